The minimum atomic E-state index is -0.455. The van der Waals surface area contributed by atoms with Gasteiger partial charge in [-0.05, 0) is 17.8 Å². The highest BCUT2D eigenvalue weighted by Crippen LogP contribution is 2.28. The van der Waals surface area contributed by atoms with Crippen molar-refractivity contribution >= 4 is 33.6 Å². The number of rotatable bonds is 2. The molecule has 1 aromatic heterocycles. The average Bonchev–Trinajstić information content (AvgIpc) is 2.71. The van der Waals surface area contributed by atoms with Crippen molar-refractivity contribution in [1.29, 1.82) is 0 Å². The van der Waals surface area contributed by atoms with Gasteiger partial charge in [0.1, 0.15) is 15.6 Å². The zero-order chi connectivity index (χ0) is 10.7. The summed E-state index contributed by atoms with van der Waals surface area (Å²) in [5, 5.41) is 11.1. The van der Waals surface area contributed by atoms with E-state index in [0.717, 1.165) is 21.7 Å². The van der Waals surface area contributed by atoms with Gasteiger partial charge in [0.2, 0.25) is 0 Å². The molecule has 0 unspecified atom stereocenters. The van der Waals surface area contributed by atoms with Crippen molar-refractivity contribution in [2.24, 2.45) is 4.99 Å². The number of hydrogen-bond donors (Lipinski definition) is 0. The van der Waals surface area contributed by atoms with Crippen LogP contribution in [0.15, 0.2) is 28.3 Å². The molecule has 5 nitrogen and oxygen atoms in total. The molecule has 15 heavy (non-hydrogen) atoms. The lowest BCUT2D eigenvalue weighted by molar-refractivity contribution is -0.385. The molecule has 0 aromatic carbocycles. The fraction of sp³-hybridized carbons (Fsp3) is 0.250. The molecule has 0 amide bonds. The average molecular weight is 241 g/mol. The van der Waals surface area contributed by atoms with Crippen LogP contribution in [0.4, 0.5) is 5.69 Å². The largest absolute Gasteiger partial charge is 0.287 e. The summed E-state index contributed by atoms with van der Waals surface area (Å²) in [7, 11) is 0. The quantitative estimate of drug-likeness (QED) is 0.586. The lowest BCUT2D eigenvalue weighted by atomic mass is 10.4. The lowest BCUT2D eigenvalue weighted by Crippen LogP contribution is -1.90. The van der Waals surface area contributed by atoms with Crippen LogP contribution < -0.4 is 0 Å². The second-order valence-electron chi connectivity index (χ2n) is 2.71. The van der Waals surface area contributed by atoms with Gasteiger partial charge >= 0.3 is 0 Å². The topological polar surface area (TPSA) is 68.4 Å². The Morgan fingerprint density at radius 2 is 2.40 bits per heavy atom. The highest BCUT2D eigenvalue weighted by molar-refractivity contribution is 8.39. The van der Waals surface area contributed by atoms with E-state index in [9.17, 15) is 10.1 Å². The molecule has 0 saturated carbocycles. The van der Waals surface area contributed by atoms with Crippen LogP contribution in [0.25, 0.3) is 0 Å². The van der Waals surface area contributed by atoms with Gasteiger partial charge < -0.3 is 0 Å². The minimum absolute atomic E-state index is 0.0142. The molecule has 0 saturated heterocycles. The minimum Gasteiger partial charge on any atom is -0.271 e. The van der Waals surface area contributed by atoms with Crippen LogP contribution in [0.2, 0.25) is 0 Å². The maximum absolute atomic E-state index is 10.4. The summed E-state index contributed by atoms with van der Waals surface area (Å²) < 4.78 is 0.983. The van der Waals surface area contributed by atoms with Crippen LogP contribution >= 0.6 is 23.5 Å². The molecule has 0 spiro atoms. The number of aromatic nitrogens is 1. The summed E-state index contributed by atoms with van der Waals surface area (Å²) in [5.74, 6) is 1.01. The number of aliphatic imine (C=N–C) groups is 1. The Balaban J connectivity index is 2.06. The Morgan fingerprint density at radius 1 is 1.53 bits per heavy atom. The first-order valence-corrected chi connectivity index (χ1v) is 6.01. The van der Waals surface area contributed by atoms with E-state index in [4.69, 9.17) is 0 Å². The van der Waals surface area contributed by atoms with E-state index >= 15 is 0 Å². The Labute approximate surface area is 94.5 Å². The Morgan fingerprint density at radius 3 is 2.93 bits per heavy atom. The van der Waals surface area contributed by atoms with Gasteiger partial charge in [0.15, 0.2) is 0 Å². The molecule has 1 aromatic rings. The van der Waals surface area contributed by atoms with Crippen LogP contribution in [-0.4, -0.2) is 26.6 Å². The van der Waals surface area contributed by atoms with Crippen LogP contribution in [0.1, 0.15) is 0 Å². The second kappa shape index (κ2) is 4.63. The van der Waals surface area contributed by atoms with Crippen molar-refractivity contribution in [3.8, 4) is 0 Å². The molecule has 0 fully saturated rings. The van der Waals surface area contributed by atoms with Crippen LogP contribution in [-0.2, 0) is 0 Å². The van der Waals surface area contributed by atoms with E-state index in [1.54, 1.807) is 17.8 Å². The Bertz CT molecular complexity index is 405. The van der Waals surface area contributed by atoms with E-state index in [0.29, 0.717) is 0 Å². The van der Waals surface area contributed by atoms with Crippen molar-refractivity contribution in [3.05, 3.63) is 28.4 Å². The lowest BCUT2D eigenvalue weighted by Gasteiger charge is -1.97. The van der Waals surface area contributed by atoms with Crippen molar-refractivity contribution in [2.75, 3.05) is 12.3 Å². The highest BCUT2D eigenvalue weighted by atomic mass is 32.2. The molecule has 0 bridgehead atoms. The van der Waals surface area contributed by atoms with E-state index in [-0.39, 0.29) is 5.69 Å². The predicted octanol–water partition coefficient (Wildman–Crippen LogP) is 2.18. The smallest absolute Gasteiger partial charge is 0.271 e. The molecule has 1 aliphatic heterocycles. The maximum atomic E-state index is 10.4. The van der Waals surface area contributed by atoms with Crippen LogP contribution in [0.5, 0.6) is 0 Å². The Hall–Kier alpha value is -1.08. The number of hydrogen-bond acceptors (Lipinski definition) is 6. The van der Waals surface area contributed by atoms with Gasteiger partial charge in [0.05, 0.1) is 11.5 Å². The van der Waals surface area contributed by atoms with E-state index in [1.807, 2.05) is 0 Å². The van der Waals surface area contributed by atoms with Crippen molar-refractivity contribution in [3.63, 3.8) is 0 Å². The van der Waals surface area contributed by atoms with Gasteiger partial charge in [-0.1, -0.05) is 11.8 Å². The molecular formula is C8H7N3O2S2. The molecule has 0 N–H and O–H groups in total. The third-order valence-electron chi connectivity index (χ3n) is 1.68. The van der Waals surface area contributed by atoms with Gasteiger partial charge in [0.25, 0.3) is 5.69 Å². The fourth-order valence-electron chi connectivity index (χ4n) is 1.01. The molecule has 2 rings (SSSR count). The first kappa shape index (κ1) is 10.4. The molecule has 0 atom stereocenters. The fourth-order valence-corrected chi connectivity index (χ4v) is 2.87. The van der Waals surface area contributed by atoms with Crippen molar-refractivity contribution < 1.29 is 4.92 Å². The highest BCUT2D eigenvalue weighted by Gasteiger charge is 2.11. The number of nitro groups is 1. The normalized spacial score (nSPS) is 15.1. The van der Waals surface area contributed by atoms with Gasteiger partial charge in [-0.25, -0.2) is 4.98 Å². The maximum Gasteiger partial charge on any atom is 0.287 e. The molecule has 2 heterocycles. The summed E-state index contributed by atoms with van der Waals surface area (Å²) in [6.45, 7) is 0.847. The second-order valence-corrected chi connectivity index (χ2v) is 5.06. The molecule has 0 aliphatic carbocycles. The SMILES string of the molecule is O=[N+]([O-])c1ccc(SC2=NCCS2)nc1. The first-order chi connectivity index (χ1) is 7.25. The number of nitrogens with zero attached hydrogens (tertiary/aromatic N) is 3. The summed E-state index contributed by atoms with van der Waals surface area (Å²) in [5.41, 5.74) is 0.0142. The van der Waals surface area contributed by atoms with E-state index in [2.05, 4.69) is 9.98 Å². The van der Waals surface area contributed by atoms with Gasteiger partial charge in [-0.3, -0.25) is 15.1 Å². The Kier molecular flexibility index (Phi) is 3.22. The van der Waals surface area contributed by atoms with Crippen molar-refractivity contribution in [1.82, 2.24) is 4.98 Å². The molecule has 78 valence electrons. The van der Waals surface area contributed by atoms with Crippen LogP contribution in [0.3, 0.4) is 0 Å². The number of thioether (sulfide) groups is 2. The molecular weight excluding hydrogens is 234 g/mol. The third-order valence-corrected chi connectivity index (χ3v) is 3.80. The van der Waals surface area contributed by atoms with Gasteiger partial charge in [0, 0.05) is 11.8 Å². The van der Waals surface area contributed by atoms with Gasteiger partial charge in [-0.2, -0.15) is 0 Å². The van der Waals surface area contributed by atoms with E-state index < -0.39 is 4.92 Å². The first-order valence-electron chi connectivity index (χ1n) is 4.21. The van der Waals surface area contributed by atoms with Crippen LogP contribution in [0, 0.1) is 10.1 Å². The predicted molar refractivity (Wildman–Crippen MR) is 61.5 cm³/mol. The third kappa shape index (κ3) is 2.69. The van der Waals surface area contributed by atoms with Crippen molar-refractivity contribution in [2.45, 2.75) is 5.03 Å². The monoisotopic (exact) mass is 241 g/mol. The zero-order valence-electron chi connectivity index (χ0n) is 7.62. The molecule has 7 heteroatoms. The summed E-state index contributed by atoms with van der Waals surface area (Å²) in [4.78, 5) is 18.2. The summed E-state index contributed by atoms with van der Waals surface area (Å²) in [6.07, 6.45) is 1.27. The molecule has 0 radical (unpaired) electrons. The van der Waals surface area contributed by atoms with E-state index in [1.165, 1.54) is 24.0 Å². The summed E-state index contributed by atoms with van der Waals surface area (Å²) in [6, 6.07) is 3.10. The summed E-state index contributed by atoms with van der Waals surface area (Å²) >= 11 is 3.14. The zero-order valence-corrected chi connectivity index (χ0v) is 9.25. The van der Waals surface area contributed by atoms with Gasteiger partial charge in [-0.15, -0.1) is 0 Å². The molecule has 1 aliphatic rings. The number of pyridine rings is 1. The standard InChI is InChI=1S/C8H7N3O2S2/c12-11(13)6-1-2-7(10-5-6)15-8-9-3-4-14-8/h1-2,5H,3-4H2.